The molecule has 240 valence electrons. The maximum atomic E-state index is 13.6. The average Bonchev–Trinajstić information content (AvgIpc) is 3.59. The van der Waals surface area contributed by atoms with Gasteiger partial charge in [0.05, 0.1) is 38.4 Å². The van der Waals surface area contributed by atoms with Crippen molar-refractivity contribution in [3.63, 3.8) is 0 Å². The van der Waals surface area contributed by atoms with Crippen molar-refractivity contribution in [3.8, 4) is 5.75 Å². The van der Waals surface area contributed by atoms with Crippen LogP contribution in [-0.2, 0) is 46.5 Å². The highest BCUT2D eigenvalue weighted by molar-refractivity contribution is 7.89. The minimum atomic E-state index is -3.90. The molecule has 3 heterocycles. The first kappa shape index (κ1) is 32.2. The number of rotatable bonds is 9. The molecule has 0 saturated carbocycles. The number of anilines is 1. The van der Waals surface area contributed by atoms with Crippen molar-refractivity contribution in [2.45, 2.75) is 43.9 Å². The molecule has 0 fully saturated rings. The Bertz CT molecular complexity index is 1820. The molecule has 2 aromatic heterocycles. The lowest BCUT2D eigenvalue weighted by Crippen LogP contribution is -2.48. The minimum absolute atomic E-state index is 0.00142. The largest absolute Gasteiger partial charge is 0.488 e. The predicted octanol–water partition coefficient (Wildman–Crippen LogP) is 2.56. The van der Waals surface area contributed by atoms with Crippen molar-refractivity contribution in [1.29, 1.82) is 0 Å². The van der Waals surface area contributed by atoms with Gasteiger partial charge in [0.2, 0.25) is 11.8 Å². The Labute approximate surface area is 263 Å². The number of para-hydroxylation sites is 1. The molecule has 0 spiro atoms. The third kappa shape index (κ3) is 6.90. The van der Waals surface area contributed by atoms with Crippen LogP contribution in [0.5, 0.6) is 5.75 Å². The third-order valence-electron chi connectivity index (χ3n) is 8.32. The Kier molecular flexibility index (Phi) is 9.33. The molecule has 2 N–H and O–H groups in total. The van der Waals surface area contributed by atoms with E-state index in [1.165, 1.54) is 23.9 Å². The van der Waals surface area contributed by atoms with E-state index in [9.17, 15) is 23.1 Å². The molecule has 13 heteroatoms. The minimum Gasteiger partial charge on any atom is -0.488 e. The van der Waals surface area contributed by atoms with Gasteiger partial charge in [-0.05, 0) is 36.8 Å². The zero-order valence-corrected chi connectivity index (χ0v) is 27.0. The first-order valence-corrected chi connectivity index (χ1v) is 16.3. The molecule has 0 aliphatic carbocycles. The number of hydrogen-bond donors (Lipinski definition) is 2. The van der Waals surface area contributed by atoms with Crippen LogP contribution in [-0.4, -0.2) is 87.6 Å². The maximum Gasteiger partial charge on any atom is 0.261 e. The molecule has 2 aromatic carbocycles. The number of imidazole rings is 1. The summed E-state index contributed by atoms with van der Waals surface area (Å²) in [7, 11) is 1.21. The number of nitrogens with zero attached hydrogens (tertiary/aromatic N) is 5. The SMILES string of the molecule is C[C@H](CO)N1C[C@H](C)[C@H](CN(C)S(=O)(=O)c2cn(C)cn2)Oc2ccc(NC(=O)Cc3cn(C)c4ccccc34)cc2CC1=O. The van der Waals surface area contributed by atoms with E-state index in [1.54, 1.807) is 41.6 Å². The molecule has 0 saturated heterocycles. The van der Waals surface area contributed by atoms with Gasteiger partial charge in [0, 0.05) is 68.2 Å². The van der Waals surface area contributed by atoms with Gasteiger partial charge in [0.15, 0.2) is 5.03 Å². The molecular weight excluding hydrogens is 596 g/mol. The molecule has 45 heavy (non-hydrogen) atoms. The van der Waals surface area contributed by atoms with Gasteiger partial charge in [0.1, 0.15) is 11.9 Å². The Morgan fingerprint density at radius 2 is 1.96 bits per heavy atom. The van der Waals surface area contributed by atoms with Gasteiger partial charge in [0.25, 0.3) is 10.0 Å². The summed E-state index contributed by atoms with van der Waals surface area (Å²) in [6.45, 7) is 3.68. The van der Waals surface area contributed by atoms with Gasteiger partial charge >= 0.3 is 0 Å². The Balaban J connectivity index is 1.41. The van der Waals surface area contributed by atoms with Crippen LogP contribution < -0.4 is 10.1 Å². The summed E-state index contributed by atoms with van der Waals surface area (Å²) in [5.74, 6) is -0.280. The topological polar surface area (TPSA) is 139 Å². The van der Waals surface area contributed by atoms with E-state index in [1.807, 2.05) is 49.0 Å². The standard InChI is InChI=1S/C32H40N6O6S/c1-21-15-38(22(2)19-39)32(41)14-23-12-25(34-30(40)13-24-16-36(4)27-9-7-6-8-26(24)27)10-11-28(23)44-29(21)17-37(5)45(42,43)31-18-35(3)20-33-31/h6-12,16,18,20-22,29,39H,13-15,17,19H2,1-5H3,(H,34,40)/t21-,22+,29-/m0/s1. The number of aryl methyl sites for hydroxylation is 2. The van der Waals surface area contributed by atoms with Crippen LogP contribution in [0.1, 0.15) is 25.0 Å². The van der Waals surface area contributed by atoms with Crippen LogP contribution in [0.15, 0.2) is 66.2 Å². The van der Waals surface area contributed by atoms with E-state index in [0.717, 1.165) is 16.5 Å². The zero-order valence-electron chi connectivity index (χ0n) is 26.2. The number of amides is 2. The number of likely N-dealkylation sites (N-methyl/N-ethyl adjacent to an activating group) is 1. The summed E-state index contributed by atoms with van der Waals surface area (Å²) in [6, 6.07) is 12.6. The van der Waals surface area contributed by atoms with Crippen molar-refractivity contribution in [2.24, 2.45) is 20.0 Å². The van der Waals surface area contributed by atoms with Gasteiger partial charge in [-0.2, -0.15) is 4.31 Å². The van der Waals surface area contributed by atoms with Crippen molar-refractivity contribution < 1.29 is 27.9 Å². The van der Waals surface area contributed by atoms with E-state index in [2.05, 4.69) is 10.3 Å². The molecule has 0 unspecified atom stereocenters. The highest BCUT2D eigenvalue weighted by Gasteiger charge is 2.34. The number of aromatic nitrogens is 3. The normalized spacial score (nSPS) is 18.2. The van der Waals surface area contributed by atoms with Crippen molar-refractivity contribution in [2.75, 3.05) is 32.1 Å². The van der Waals surface area contributed by atoms with Crippen molar-refractivity contribution in [1.82, 2.24) is 23.3 Å². The molecule has 5 rings (SSSR count). The first-order chi connectivity index (χ1) is 21.4. The second-order valence-corrected chi connectivity index (χ2v) is 13.9. The van der Waals surface area contributed by atoms with Gasteiger partial charge in [-0.15, -0.1) is 0 Å². The summed E-state index contributed by atoms with van der Waals surface area (Å²) in [6.07, 6.45) is 4.32. The molecule has 12 nitrogen and oxygen atoms in total. The van der Waals surface area contributed by atoms with Crippen LogP contribution in [0.3, 0.4) is 0 Å². The molecule has 1 aliphatic heterocycles. The number of benzene rings is 2. The highest BCUT2D eigenvalue weighted by Crippen LogP contribution is 2.30. The highest BCUT2D eigenvalue weighted by atomic mass is 32.2. The lowest BCUT2D eigenvalue weighted by molar-refractivity contribution is -0.134. The van der Waals surface area contributed by atoms with Crippen LogP contribution in [0.25, 0.3) is 10.9 Å². The summed E-state index contributed by atoms with van der Waals surface area (Å²) in [5.41, 5.74) is 3.00. The number of carbonyl (C=O) groups excluding carboxylic acids is 2. The summed E-state index contributed by atoms with van der Waals surface area (Å²) >= 11 is 0. The fraction of sp³-hybridized carbons (Fsp3) is 0.406. The van der Waals surface area contributed by atoms with Crippen LogP contribution in [0.2, 0.25) is 0 Å². The van der Waals surface area contributed by atoms with Gasteiger partial charge in [-0.3, -0.25) is 9.59 Å². The van der Waals surface area contributed by atoms with E-state index in [-0.39, 0.29) is 55.3 Å². The molecule has 1 aliphatic rings. The quantitative estimate of drug-likeness (QED) is 0.288. The fourth-order valence-electron chi connectivity index (χ4n) is 5.70. The molecule has 4 aromatic rings. The number of aliphatic hydroxyl groups is 1. The van der Waals surface area contributed by atoms with Gasteiger partial charge in [-0.1, -0.05) is 25.1 Å². The first-order valence-electron chi connectivity index (χ1n) is 14.8. The third-order valence-corrected chi connectivity index (χ3v) is 10.0. The number of ether oxygens (including phenoxy) is 1. The van der Waals surface area contributed by atoms with E-state index >= 15 is 0 Å². The summed E-state index contributed by atoms with van der Waals surface area (Å²) in [5, 5.41) is 13.8. The van der Waals surface area contributed by atoms with E-state index in [4.69, 9.17) is 4.74 Å². The number of carbonyl (C=O) groups is 2. The second kappa shape index (κ2) is 13.0. The van der Waals surface area contributed by atoms with Crippen LogP contribution in [0.4, 0.5) is 5.69 Å². The number of aliphatic hydroxyl groups excluding tert-OH is 1. The molecule has 0 bridgehead atoms. The molecular formula is C32H40N6O6S. The lowest BCUT2D eigenvalue weighted by atomic mass is 10.0. The Hall–Kier alpha value is -4.20. The lowest BCUT2D eigenvalue weighted by Gasteiger charge is -2.33. The fourth-order valence-corrected chi connectivity index (χ4v) is 6.85. The Morgan fingerprint density at radius 3 is 2.67 bits per heavy atom. The number of sulfonamides is 1. The second-order valence-electron chi connectivity index (χ2n) is 11.9. The van der Waals surface area contributed by atoms with Gasteiger partial charge in [-0.25, -0.2) is 13.4 Å². The number of hydrogen-bond acceptors (Lipinski definition) is 7. The number of nitrogens with one attached hydrogen (secondary N) is 1. The smallest absolute Gasteiger partial charge is 0.261 e. The maximum absolute atomic E-state index is 13.6. The van der Waals surface area contributed by atoms with Gasteiger partial charge < -0.3 is 29.2 Å². The van der Waals surface area contributed by atoms with E-state index in [0.29, 0.717) is 17.0 Å². The molecule has 2 amide bonds. The molecule has 3 atom stereocenters. The number of fused-ring (bicyclic) bond motifs is 2. The summed E-state index contributed by atoms with van der Waals surface area (Å²) < 4.78 is 37.8. The van der Waals surface area contributed by atoms with Crippen LogP contribution >= 0.6 is 0 Å². The van der Waals surface area contributed by atoms with Crippen molar-refractivity contribution >= 4 is 38.4 Å². The zero-order chi connectivity index (χ0) is 32.5. The van der Waals surface area contributed by atoms with E-state index < -0.39 is 22.2 Å². The average molecular weight is 637 g/mol. The molecule has 0 radical (unpaired) electrons. The predicted molar refractivity (Wildman–Crippen MR) is 170 cm³/mol. The van der Waals surface area contributed by atoms with Crippen LogP contribution in [0, 0.1) is 5.92 Å². The van der Waals surface area contributed by atoms with Crippen molar-refractivity contribution in [3.05, 3.63) is 72.3 Å². The Morgan fingerprint density at radius 1 is 1.20 bits per heavy atom. The summed E-state index contributed by atoms with van der Waals surface area (Å²) in [4.78, 5) is 32.3. The monoisotopic (exact) mass is 636 g/mol.